The zero-order chi connectivity index (χ0) is 10.5. The molecule has 0 bridgehead atoms. The van der Waals surface area contributed by atoms with Crippen molar-refractivity contribution in [2.75, 3.05) is 5.32 Å². The Morgan fingerprint density at radius 1 is 1.13 bits per heavy atom. The zero-order valence-electron chi connectivity index (χ0n) is 7.92. The van der Waals surface area contributed by atoms with Crippen LogP contribution in [0.4, 0.5) is 11.4 Å². The lowest BCUT2D eigenvalue weighted by Gasteiger charge is -2.04. The third kappa shape index (κ3) is 2.37. The van der Waals surface area contributed by atoms with E-state index in [0.717, 1.165) is 17.7 Å². The molecule has 1 aromatic carbocycles. The lowest BCUT2D eigenvalue weighted by molar-refractivity contribution is 0.112. The number of carbonyl (C=O) groups is 1. The van der Waals surface area contributed by atoms with Crippen LogP contribution in [0.25, 0.3) is 0 Å². The van der Waals surface area contributed by atoms with Gasteiger partial charge >= 0.3 is 0 Å². The first-order valence-electron chi connectivity index (χ1n) is 4.46. The molecule has 15 heavy (non-hydrogen) atoms. The van der Waals surface area contributed by atoms with E-state index in [1.165, 1.54) is 6.33 Å². The third-order valence-corrected chi connectivity index (χ3v) is 1.87. The fourth-order valence-electron chi connectivity index (χ4n) is 1.22. The van der Waals surface area contributed by atoms with Gasteiger partial charge in [-0.05, 0) is 12.1 Å². The molecule has 0 saturated carbocycles. The molecule has 74 valence electrons. The number of aldehydes is 1. The van der Waals surface area contributed by atoms with E-state index in [0.29, 0.717) is 5.56 Å². The topological polar surface area (TPSA) is 54.9 Å². The van der Waals surface area contributed by atoms with E-state index in [1.807, 2.05) is 12.1 Å². The molecule has 0 aliphatic carbocycles. The van der Waals surface area contributed by atoms with Gasteiger partial charge in [-0.25, -0.2) is 9.97 Å². The summed E-state index contributed by atoms with van der Waals surface area (Å²) in [6, 6.07) is 7.20. The minimum Gasteiger partial charge on any atom is -0.353 e. The van der Waals surface area contributed by atoms with Gasteiger partial charge in [-0.15, -0.1) is 0 Å². The molecule has 1 N–H and O–H groups in total. The molecular weight excluding hydrogens is 190 g/mol. The Bertz CT molecular complexity index is 456. The maximum atomic E-state index is 10.6. The van der Waals surface area contributed by atoms with E-state index < -0.39 is 0 Å². The van der Waals surface area contributed by atoms with Gasteiger partial charge in [0, 0.05) is 11.3 Å². The molecule has 0 spiro atoms. The minimum atomic E-state index is 0.636. The van der Waals surface area contributed by atoms with Crippen LogP contribution in [0.5, 0.6) is 0 Å². The minimum absolute atomic E-state index is 0.636. The number of hydrogen-bond donors (Lipinski definition) is 1. The number of benzene rings is 1. The SMILES string of the molecule is O=Cc1cccc(Nc2cncnc2)c1. The summed E-state index contributed by atoms with van der Waals surface area (Å²) in [7, 11) is 0. The summed E-state index contributed by atoms with van der Waals surface area (Å²) in [6.07, 6.45) is 5.61. The zero-order valence-corrected chi connectivity index (χ0v) is 7.92. The van der Waals surface area contributed by atoms with Crippen LogP contribution in [-0.4, -0.2) is 16.3 Å². The number of hydrogen-bond acceptors (Lipinski definition) is 4. The molecule has 2 aromatic rings. The fourth-order valence-corrected chi connectivity index (χ4v) is 1.22. The monoisotopic (exact) mass is 199 g/mol. The van der Waals surface area contributed by atoms with E-state index in [9.17, 15) is 4.79 Å². The van der Waals surface area contributed by atoms with Crippen LogP contribution in [0.1, 0.15) is 10.4 Å². The van der Waals surface area contributed by atoms with Crippen molar-refractivity contribution in [3.05, 3.63) is 48.5 Å². The highest BCUT2D eigenvalue weighted by Gasteiger charge is 1.95. The number of rotatable bonds is 3. The molecule has 4 nitrogen and oxygen atoms in total. The second-order valence-electron chi connectivity index (χ2n) is 3.00. The maximum Gasteiger partial charge on any atom is 0.150 e. The van der Waals surface area contributed by atoms with Crippen molar-refractivity contribution in [3.8, 4) is 0 Å². The van der Waals surface area contributed by atoms with Crippen LogP contribution in [0.2, 0.25) is 0 Å². The van der Waals surface area contributed by atoms with Crippen LogP contribution in [0, 0.1) is 0 Å². The molecule has 0 fully saturated rings. The van der Waals surface area contributed by atoms with Crippen LogP contribution in [0.3, 0.4) is 0 Å². The van der Waals surface area contributed by atoms with Gasteiger partial charge in [0.05, 0.1) is 18.1 Å². The highest BCUT2D eigenvalue weighted by Crippen LogP contribution is 2.14. The molecule has 0 unspecified atom stereocenters. The van der Waals surface area contributed by atoms with Crippen LogP contribution in [-0.2, 0) is 0 Å². The Hall–Kier alpha value is -2.23. The van der Waals surface area contributed by atoms with Crippen LogP contribution < -0.4 is 5.32 Å². The van der Waals surface area contributed by atoms with Gasteiger partial charge in [0.15, 0.2) is 0 Å². The lowest BCUT2D eigenvalue weighted by Crippen LogP contribution is -1.92. The number of nitrogens with one attached hydrogen (secondary N) is 1. The van der Waals surface area contributed by atoms with Crippen molar-refractivity contribution in [1.29, 1.82) is 0 Å². The highest BCUT2D eigenvalue weighted by molar-refractivity contribution is 5.77. The molecule has 0 aliphatic rings. The molecule has 0 radical (unpaired) electrons. The molecule has 0 atom stereocenters. The maximum absolute atomic E-state index is 10.6. The summed E-state index contributed by atoms with van der Waals surface area (Å²) in [5.41, 5.74) is 2.27. The van der Waals surface area contributed by atoms with Gasteiger partial charge in [-0.3, -0.25) is 4.79 Å². The third-order valence-electron chi connectivity index (χ3n) is 1.87. The van der Waals surface area contributed by atoms with Gasteiger partial charge in [0.2, 0.25) is 0 Å². The van der Waals surface area contributed by atoms with Gasteiger partial charge in [0.25, 0.3) is 0 Å². The smallest absolute Gasteiger partial charge is 0.150 e. The number of nitrogens with zero attached hydrogens (tertiary/aromatic N) is 2. The average molecular weight is 199 g/mol. The van der Waals surface area contributed by atoms with E-state index in [1.54, 1.807) is 24.5 Å². The number of aromatic nitrogens is 2. The summed E-state index contributed by atoms with van der Waals surface area (Å²) in [5, 5.41) is 3.09. The Labute approximate surface area is 87.0 Å². The molecule has 4 heteroatoms. The Morgan fingerprint density at radius 2 is 1.93 bits per heavy atom. The first-order valence-corrected chi connectivity index (χ1v) is 4.46. The second-order valence-corrected chi connectivity index (χ2v) is 3.00. The normalized spacial score (nSPS) is 9.60. The highest BCUT2D eigenvalue weighted by atomic mass is 16.1. The van der Waals surface area contributed by atoms with Crippen LogP contribution >= 0.6 is 0 Å². The number of carbonyl (C=O) groups excluding carboxylic acids is 1. The quantitative estimate of drug-likeness (QED) is 0.768. The number of anilines is 2. The molecule has 1 heterocycles. The standard InChI is InChI=1S/C11H9N3O/c15-7-9-2-1-3-10(4-9)14-11-5-12-8-13-6-11/h1-8,14H. The molecule has 0 saturated heterocycles. The van der Waals surface area contributed by atoms with Crippen LogP contribution in [0.15, 0.2) is 43.0 Å². The summed E-state index contributed by atoms with van der Waals surface area (Å²) < 4.78 is 0. The predicted octanol–water partition coefficient (Wildman–Crippen LogP) is 2.03. The summed E-state index contributed by atoms with van der Waals surface area (Å²) in [4.78, 5) is 18.3. The molecular formula is C11H9N3O. The summed E-state index contributed by atoms with van der Waals surface area (Å²) >= 11 is 0. The average Bonchev–Trinajstić information content (AvgIpc) is 2.31. The first-order chi connectivity index (χ1) is 7.38. The van der Waals surface area contributed by atoms with Crippen molar-refractivity contribution in [3.63, 3.8) is 0 Å². The van der Waals surface area contributed by atoms with Gasteiger partial charge < -0.3 is 5.32 Å². The Balaban J connectivity index is 2.21. The summed E-state index contributed by atoms with van der Waals surface area (Å²) in [5.74, 6) is 0. The van der Waals surface area contributed by atoms with Gasteiger partial charge in [-0.2, -0.15) is 0 Å². The molecule has 1 aromatic heterocycles. The predicted molar refractivity (Wildman–Crippen MR) is 57.1 cm³/mol. The largest absolute Gasteiger partial charge is 0.353 e. The second kappa shape index (κ2) is 4.32. The van der Waals surface area contributed by atoms with Crippen molar-refractivity contribution in [2.45, 2.75) is 0 Å². The van der Waals surface area contributed by atoms with Crippen molar-refractivity contribution in [1.82, 2.24) is 9.97 Å². The first kappa shape index (κ1) is 9.33. The fraction of sp³-hybridized carbons (Fsp3) is 0. The molecule has 2 rings (SSSR count). The van der Waals surface area contributed by atoms with Crippen molar-refractivity contribution in [2.24, 2.45) is 0 Å². The van der Waals surface area contributed by atoms with E-state index in [4.69, 9.17) is 0 Å². The van der Waals surface area contributed by atoms with Crippen molar-refractivity contribution < 1.29 is 4.79 Å². The van der Waals surface area contributed by atoms with Gasteiger partial charge in [0.1, 0.15) is 12.6 Å². The van der Waals surface area contributed by atoms with E-state index in [2.05, 4.69) is 15.3 Å². The Kier molecular flexibility index (Phi) is 2.69. The van der Waals surface area contributed by atoms with E-state index >= 15 is 0 Å². The molecule has 0 amide bonds. The lowest BCUT2D eigenvalue weighted by atomic mass is 10.2. The Morgan fingerprint density at radius 3 is 2.67 bits per heavy atom. The van der Waals surface area contributed by atoms with Gasteiger partial charge in [-0.1, -0.05) is 12.1 Å². The summed E-state index contributed by atoms with van der Waals surface area (Å²) in [6.45, 7) is 0. The molecule has 0 aliphatic heterocycles. The van der Waals surface area contributed by atoms with E-state index in [-0.39, 0.29) is 0 Å². The van der Waals surface area contributed by atoms with Crippen molar-refractivity contribution >= 4 is 17.7 Å².